The fourth-order valence-electron chi connectivity index (χ4n) is 3.36. The zero-order valence-electron chi connectivity index (χ0n) is 12.4. The first-order chi connectivity index (χ1) is 10.7. The molecule has 0 radical (unpaired) electrons. The van der Waals surface area contributed by atoms with Crippen molar-refractivity contribution in [3.8, 4) is 0 Å². The first kappa shape index (κ1) is 13.1. The van der Waals surface area contributed by atoms with Gasteiger partial charge in [0.25, 0.3) is 5.91 Å². The molecule has 3 heteroatoms. The van der Waals surface area contributed by atoms with Crippen molar-refractivity contribution in [3.63, 3.8) is 0 Å². The molecule has 2 aromatic carbocycles. The summed E-state index contributed by atoms with van der Waals surface area (Å²) in [5, 5.41) is 3.24. The van der Waals surface area contributed by atoms with Gasteiger partial charge in [0, 0.05) is 35.6 Å². The molecule has 2 aliphatic rings. The number of rotatable bonds is 1. The molecule has 4 rings (SSSR count). The topological polar surface area (TPSA) is 32.3 Å². The summed E-state index contributed by atoms with van der Waals surface area (Å²) >= 11 is 0. The smallest absolute Gasteiger partial charge is 0.258 e. The normalized spacial score (nSPS) is 16.0. The Morgan fingerprint density at radius 3 is 2.91 bits per heavy atom. The van der Waals surface area contributed by atoms with Crippen molar-refractivity contribution in [2.75, 3.05) is 16.8 Å². The van der Waals surface area contributed by atoms with E-state index in [2.05, 4.69) is 18.0 Å². The van der Waals surface area contributed by atoms with Gasteiger partial charge in [-0.3, -0.25) is 4.79 Å². The molecule has 0 aliphatic carbocycles. The standard InChI is InChI=1S/C19H18N2O/c1-13-11-16-12-15(8-9-17(16)20-13)19(22)21-10-4-6-14-5-2-3-7-18(14)21/h2-3,5,7-9,12,20H,1,4,6,10-11H2. The number of amides is 1. The number of hydrogen-bond acceptors (Lipinski definition) is 2. The van der Waals surface area contributed by atoms with Crippen LogP contribution in [0.2, 0.25) is 0 Å². The van der Waals surface area contributed by atoms with Gasteiger partial charge in [-0.25, -0.2) is 0 Å². The van der Waals surface area contributed by atoms with E-state index in [9.17, 15) is 4.79 Å². The van der Waals surface area contributed by atoms with Crippen molar-refractivity contribution in [2.45, 2.75) is 19.3 Å². The van der Waals surface area contributed by atoms with Gasteiger partial charge in [-0.2, -0.15) is 0 Å². The summed E-state index contributed by atoms with van der Waals surface area (Å²) in [7, 11) is 0. The van der Waals surface area contributed by atoms with Crippen molar-refractivity contribution in [1.29, 1.82) is 0 Å². The summed E-state index contributed by atoms with van der Waals surface area (Å²) in [6, 6.07) is 14.1. The van der Waals surface area contributed by atoms with Crippen LogP contribution in [-0.4, -0.2) is 12.5 Å². The number of aryl methyl sites for hydroxylation is 1. The first-order valence-corrected chi connectivity index (χ1v) is 7.70. The number of allylic oxidation sites excluding steroid dienone is 1. The molecule has 0 saturated carbocycles. The van der Waals surface area contributed by atoms with Gasteiger partial charge in [0.15, 0.2) is 0 Å². The summed E-state index contributed by atoms with van der Waals surface area (Å²) in [6.07, 6.45) is 2.87. The maximum Gasteiger partial charge on any atom is 0.258 e. The number of carbonyl (C=O) groups is 1. The van der Waals surface area contributed by atoms with E-state index in [0.29, 0.717) is 0 Å². The Hall–Kier alpha value is -2.55. The van der Waals surface area contributed by atoms with Crippen LogP contribution in [0, 0.1) is 0 Å². The molecule has 0 atom stereocenters. The van der Waals surface area contributed by atoms with Crippen LogP contribution in [0.4, 0.5) is 11.4 Å². The second kappa shape index (κ2) is 5.02. The Balaban J connectivity index is 1.69. The van der Waals surface area contributed by atoms with E-state index < -0.39 is 0 Å². The number of para-hydroxylation sites is 1. The van der Waals surface area contributed by atoms with Gasteiger partial charge in [-0.1, -0.05) is 24.8 Å². The third-order valence-electron chi connectivity index (χ3n) is 4.42. The second-order valence-electron chi connectivity index (χ2n) is 5.97. The van der Waals surface area contributed by atoms with E-state index in [4.69, 9.17) is 0 Å². The van der Waals surface area contributed by atoms with Crippen LogP contribution in [0.3, 0.4) is 0 Å². The number of benzene rings is 2. The summed E-state index contributed by atoms with van der Waals surface area (Å²) < 4.78 is 0. The molecule has 0 saturated heterocycles. The van der Waals surface area contributed by atoms with Crippen molar-refractivity contribution >= 4 is 17.3 Å². The molecule has 2 aromatic rings. The van der Waals surface area contributed by atoms with E-state index in [-0.39, 0.29) is 5.91 Å². The van der Waals surface area contributed by atoms with Crippen LogP contribution in [0.15, 0.2) is 54.7 Å². The fourth-order valence-corrected chi connectivity index (χ4v) is 3.36. The van der Waals surface area contributed by atoms with E-state index in [0.717, 1.165) is 54.0 Å². The minimum atomic E-state index is 0.0902. The lowest BCUT2D eigenvalue weighted by molar-refractivity contribution is 0.0985. The molecular weight excluding hydrogens is 272 g/mol. The molecule has 0 fully saturated rings. The minimum absolute atomic E-state index is 0.0902. The Labute approximate surface area is 130 Å². The van der Waals surface area contributed by atoms with Gasteiger partial charge < -0.3 is 10.2 Å². The predicted octanol–water partition coefficient (Wildman–Crippen LogP) is 3.76. The molecule has 2 aliphatic heterocycles. The van der Waals surface area contributed by atoms with Crippen LogP contribution in [0.25, 0.3) is 0 Å². The van der Waals surface area contributed by atoms with E-state index >= 15 is 0 Å². The zero-order chi connectivity index (χ0) is 15.1. The molecule has 2 heterocycles. The van der Waals surface area contributed by atoms with Crippen LogP contribution in [-0.2, 0) is 12.8 Å². The molecule has 110 valence electrons. The van der Waals surface area contributed by atoms with Crippen molar-refractivity contribution < 1.29 is 4.79 Å². The Kier molecular flexibility index (Phi) is 3.00. The van der Waals surface area contributed by atoms with Gasteiger partial charge >= 0.3 is 0 Å². The first-order valence-electron chi connectivity index (χ1n) is 7.70. The predicted molar refractivity (Wildman–Crippen MR) is 89.3 cm³/mol. The van der Waals surface area contributed by atoms with Crippen molar-refractivity contribution in [1.82, 2.24) is 0 Å². The van der Waals surface area contributed by atoms with Crippen molar-refractivity contribution in [2.24, 2.45) is 0 Å². The number of carbonyl (C=O) groups excluding carboxylic acids is 1. The molecule has 0 bridgehead atoms. The number of anilines is 2. The van der Waals surface area contributed by atoms with Crippen LogP contribution in [0.5, 0.6) is 0 Å². The van der Waals surface area contributed by atoms with E-state index in [1.165, 1.54) is 5.56 Å². The second-order valence-corrected chi connectivity index (χ2v) is 5.97. The van der Waals surface area contributed by atoms with Gasteiger partial charge in [-0.05, 0) is 48.2 Å². The van der Waals surface area contributed by atoms with Gasteiger partial charge in [0.2, 0.25) is 0 Å². The third-order valence-corrected chi connectivity index (χ3v) is 4.42. The highest BCUT2D eigenvalue weighted by Gasteiger charge is 2.24. The minimum Gasteiger partial charge on any atom is -0.359 e. The average Bonchev–Trinajstić information content (AvgIpc) is 2.92. The van der Waals surface area contributed by atoms with Crippen LogP contribution in [0.1, 0.15) is 27.9 Å². The highest BCUT2D eigenvalue weighted by molar-refractivity contribution is 6.07. The molecule has 1 amide bonds. The quantitative estimate of drug-likeness (QED) is 0.867. The molecule has 1 N–H and O–H groups in total. The average molecular weight is 290 g/mol. The summed E-state index contributed by atoms with van der Waals surface area (Å²) in [5.41, 5.74) is 6.29. The van der Waals surface area contributed by atoms with Crippen LogP contribution < -0.4 is 10.2 Å². The van der Waals surface area contributed by atoms with Gasteiger partial charge in [0.1, 0.15) is 0 Å². The lowest BCUT2D eigenvalue weighted by atomic mass is 10.00. The van der Waals surface area contributed by atoms with E-state index in [1.807, 2.05) is 41.3 Å². The fraction of sp³-hybridized carbons (Fsp3) is 0.211. The molecule has 0 spiro atoms. The van der Waals surface area contributed by atoms with Crippen LogP contribution >= 0.6 is 0 Å². The Morgan fingerprint density at radius 2 is 2.00 bits per heavy atom. The summed E-state index contributed by atoms with van der Waals surface area (Å²) in [4.78, 5) is 14.8. The molecule has 3 nitrogen and oxygen atoms in total. The van der Waals surface area contributed by atoms with Crippen molar-refractivity contribution in [3.05, 3.63) is 71.4 Å². The highest BCUT2D eigenvalue weighted by Crippen LogP contribution is 2.31. The highest BCUT2D eigenvalue weighted by atomic mass is 16.2. The molecule has 22 heavy (non-hydrogen) atoms. The Bertz CT molecular complexity index is 779. The molecule has 0 unspecified atom stereocenters. The van der Waals surface area contributed by atoms with Gasteiger partial charge in [-0.15, -0.1) is 0 Å². The Morgan fingerprint density at radius 1 is 1.14 bits per heavy atom. The number of fused-ring (bicyclic) bond motifs is 2. The lowest BCUT2D eigenvalue weighted by Gasteiger charge is -2.29. The number of nitrogens with zero attached hydrogens (tertiary/aromatic N) is 1. The SMILES string of the molecule is C=C1Cc2cc(C(=O)N3CCCc4ccccc43)ccc2N1. The molecule has 0 aromatic heterocycles. The monoisotopic (exact) mass is 290 g/mol. The number of hydrogen-bond donors (Lipinski definition) is 1. The van der Waals surface area contributed by atoms with E-state index in [1.54, 1.807) is 0 Å². The molecular formula is C19H18N2O. The largest absolute Gasteiger partial charge is 0.359 e. The summed E-state index contributed by atoms with van der Waals surface area (Å²) in [5.74, 6) is 0.0902. The maximum absolute atomic E-state index is 12.9. The third kappa shape index (κ3) is 2.10. The number of nitrogens with one attached hydrogen (secondary N) is 1. The lowest BCUT2D eigenvalue weighted by Crippen LogP contribution is -2.35. The zero-order valence-corrected chi connectivity index (χ0v) is 12.4. The maximum atomic E-state index is 12.9. The van der Waals surface area contributed by atoms with Gasteiger partial charge in [0.05, 0.1) is 0 Å². The summed E-state index contributed by atoms with van der Waals surface area (Å²) in [6.45, 7) is 4.75.